The summed E-state index contributed by atoms with van der Waals surface area (Å²) >= 11 is 0. The van der Waals surface area contributed by atoms with Crippen molar-refractivity contribution < 1.29 is 59.2 Å². The molecule has 0 aromatic carbocycles. The summed E-state index contributed by atoms with van der Waals surface area (Å²) in [6.45, 7) is 2.76. The first-order valence-electron chi connectivity index (χ1n) is 3.55. The van der Waals surface area contributed by atoms with Crippen molar-refractivity contribution in [2.45, 2.75) is 13.3 Å². The molecule has 9 nitrogen and oxygen atoms in total. The Morgan fingerprint density at radius 2 is 1.31 bits per heavy atom. The minimum absolute atomic E-state index is 0. The summed E-state index contributed by atoms with van der Waals surface area (Å²) in [6, 6.07) is 0. The third-order valence-electron chi connectivity index (χ3n) is 0.518. The summed E-state index contributed by atoms with van der Waals surface area (Å²) < 4.78 is 0. The van der Waals surface area contributed by atoms with Crippen LogP contribution in [0.2, 0.25) is 0 Å². The second kappa shape index (κ2) is 19.4. The number of hydrogen-bond acceptors (Lipinski definition) is 7. The summed E-state index contributed by atoms with van der Waals surface area (Å²) in [5.41, 5.74) is 10.0. The largest absolute Gasteiger partial charge is 0.652 e. The van der Waals surface area contributed by atoms with Gasteiger partial charge >= 0.3 is 0 Å². The average molecular weight is 465 g/mol. The normalized spacial score (nSPS) is 6.56. The molecule has 0 fully saturated rings. The van der Waals surface area contributed by atoms with Gasteiger partial charge in [0, 0.05) is 35.7 Å². The predicted molar refractivity (Wildman–Crippen MR) is 41.8 cm³/mol. The molecule has 0 aromatic rings. The van der Waals surface area contributed by atoms with Gasteiger partial charge in [-0.15, -0.1) is 0 Å². The van der Waals surface area contributed by atoms with Crippen LogP contribution in [0, 0.1) is 29.2 Å². The van der Waals surface area contributed by atoms with Crippen molar-refractivity contribution in [2.75, 3.05) is 6.54 Å². The maximum Gasteiger partial charge on any atom is 0.185 e. The molecular formula is C6H11N3O6Pu-4. The van der Waals surface area contributed by atoms with Gasteiger partial charge in [0.15, 0.2) is 5.96 Å². The van der Waals surface area contributed by atoms with Gasteiger partial charge in [-0.25, -0.2) is 0 Å². The van der Waals surface area contributed by atoms with E-state index in [1.54, 1.807) is 0 Å². The van der Waals surface area contributed by atoms with Gasteiger partial charge < -0.3 is 41.5 Å². The van der Waals surface area contributed by atoms with Crippen LogP contribution in [-0.2, 0) is 0 Å². The number of guanidine groups is 1. The number of carbonyl (C=O) groups excluding carboxylic acids is 2. The molecule has 0 rings (SSSR count). The average Bonchev–Trinajstić information content (AvgIpc) is 1.98. The molecule has 0 bridgehead atoms. The molecule has 0 radical (unpaired) electrons. The Morgan fingerprint density at radius 3 is 1.38 bits per heavy atom. The summed E-state index contributed by atoms with van der Waals surface area (Å²) in [5, 5.41) is 33.3. The van der Waals surface area contributed by atoms with E-state index in [2.05, 4.69) is 4.99 Å². The molecule has 0 aromatic heterocycles. The monoisotopic (exact) mass is 459 g/mol. The van der Waals surface area contributed by atoms with E-state index < -0.39 is 12.3 Å². The summed E-state index contributed by atoms with van der Waals surface area (Å²) in [7, 11) is 0. The van der Waals surface area contributed by atoms with Gasteiger partial charge in [-0.2, -0.15) is 0 Å². The second-order valence-corrected chi connectivity index (χ2v) is 1.81. The van der Waals surface area contributed by atoms with Gasteiger partial charge in [0.05, 0.1) is 0 Å². The van der Waals surface area contributed by atoms with Crippen LogP contribution in [0.1, 0.15) is 13.3 Å². The molecule has 16 heavy (non-hydrogen) atoms. The van der Waals surface area contributed by atoms with Crippen molar-refractivity contribution in [2.24, 2.45) is 16.5 Å². The Kier molecular flexibility index (Phi) is 29.3. The number of carbonyl (C=O) groups is 2. The van der Waals surface area contributed by atoms with Crippen LogP contribution in [-0.4, -0.2) is 24.8 Å². The van der Waals surface area contributed by atoms with Crippen molar-refractivity contribution in [3.63, 3.8) is 0 Å². The Balaban J connectivity index is -0.0000000700. The fourth-order valence-corrected chi connectivity index (χ4v) is 0.241. The Bertz CT molecular complexity index is 186. The fourth-order valence-electron chi connectivity index (χ4n) is 0.241. The van der Waals surface area contributed by atoms with Crippen LogP contribution in [0.15, 0.2) is 4.99 Å². The molecule has 96 valence electrons. The van der Waals surface area contributed by atoms with Gasteiger partial charge in [-0.1, -0.05) is 6.92 Å². The summed E-state index contributed by atoms with van der Waals surface area (Å²) in [5.74, 6) is 0.182. The van der Waals surface area contributed by atoms with Crippen LogP contribution >= 0.6 is 0 Å². The zero-order valence-corrected chi connectivity index (χ0v) is 11.8. The molecule has 0 saturated heterocycles. The van der Waals surface area contributed by atoms with E-state index in [4.69, 9.17) is 41.5 Å². The molecule has 0 amide bonds. The Labute approximate surface area is 114 Å². The summed E-state index contributed by atoms with van der Waals surface area (Å²) in [4.78, 5) is 20.4. The zero-order chi connectivity index (χ0) is 12.9. The van der Waals surface area contributed by atoms with Crippen LogP contribution in [0.4, 0.5) is 9.59 Å². The molecule has 0 saturated carbocycles. The van der Waals surface area contributed by atoms with E-state index in [1.807, 2.05) is 6.92 Å². The van der Waals surface area contributed by atoms with Crippen molar-refractivity contribution in [1.82, 2.24) is 0 Å². The third-order valence-corrected chi connectivity index (χ3v) is 0.518. The molecule has 10 heteroatoms. The molecule has 4 N–H and O–H groups in total. The third kappa shape index (κ3) is 228. The molecular weight excluding hydrogens is 454 g/mol. The summed E-state index contributed by atoms with van der Waals surface area (Å²) in [6.07, 6.45) is -3.67. The molecule has 0 aliphatic heterocycles. The van der Waals surface area contributed by atoms with Crippen molar-refractivity contribution in [3.8, 4) is 0 Å². The van der Waals surface area contributed by atoms with E-state index in [1.165, 1.54) is 0 Å². The first-order valence-corrected chi connectivity index (χ1v) is 3.55. The van der Waals surface area contributed by atoms with Gasteiger partial charge in [0.1, 0.15) is 0 Å². The second-order valence-electron chi connectivity index (χ2n) is 1.81. The Morgan fingerprint density at radius 1 is 1.06 bits per heavy atom. The standard InChI is InChI=1S/C4H11N3.2CH2O3.Pu/c1-2-3-7-4(5)6;2*2-1(3)4;/h2-3H2,1H3,(H4,5,6,7);2*(H2,2,3,4);/p-4. The minimum atomic E-state index is -2.33. The van der Waals surface area contributed by atoms with Crippen LogP contribution < -0.4 is 31.9 Å². The number of aliphatic imine (C=N–C) groups is 1. The smallest absolute Gasteiger partial charge is 0.185 e. The first-order chi connectivity index (χ1) is 6.73. The Hall–Kier alpha value is -1.20. The number of nitrogens with zero attached hydrogens (tertiary/aromatic N) is 1. The quantitative estimate of drug-likeness (QED) is 0.299. The van der Waals surface area contributed by atoms with Crippen molar-refractivity contribution in [1.29, 1.82) is 0 Å². The van der Waals surface area contributed by atoms with Crippen molar-refractivity contribution in [3.05, 3.63) is 0 Å². The maximum absolute atomic E-state index is 8.33. The number of carboxylic acid groups (broad SMARTS) is 4. The molecule has 0 spiro atoms. The number of hydrogen-bond donors (Lipinski definition) is 2. The van der Waals surface area contributed by atoms with E-state index in [9.17, 15) is 0 Å². The number of rotatable bonds is 2. The minimum Gasteiger partial charge on any atom is -0.652 e. The topological polar surface area (TPSA) is 191 Å². The molecule has 0 atom stereocenters. The van der Waals surface area contributed by atoms with E-state index in [-0.39, 0.29) is 35.1 Å². The van der Waals surface area contributed by atoms with Crippen LogP contribution in [0.25, 0.3) is 0 Å². The van der Waals surface area contributed by atoms with Gasteiger partial charge in [0.2, 0.25) is 0 Å². The van der Waals surface area contributed by atoms with E-state index in [0.29, 0.717) is 0 Å². The van der Waals surface area contributed by atoms with Gasteiger partial charge in [-0.05, 0) is 18.7 Å². The fraction of sp³-hybridized carbons (Fsp3) is 0.500. The predicted octanol–water partition coefficient (Wildman–Crippen LogP) is -5.22. The first kappa shape index (κ1) is 24.2. The molecule has 0 unspecified atom stereocenters. The van der Waals surface area contributed by atoms with Crippen LogP contribution in [0.5, 0.6) is 0 Å². The number of nitrogens with two attached hydrogens (primary N) is 2. The molecule has 0 aliphatic carbocycles. The van der Waals surface area contributed by atoms with E-state index in [0.717, 1.165) is 13.0 Å². The van der Waals surface area contributed by atoms with E-state index >= 15 is 0 Å². The van der Waals surface area contributed by atoms with Crippen molar-refractivity contribution >= 4 is 18.3 Å². The van der Waals surface area contributed by atoms with Crippen LogP contribution in [0.3, 0.4) is 0 Å². The van der Waals surface area contributed by atoms with Gasteiger partial charge in [-0.3, -0.25) is 4.99 Å². The zero-order valence-electron chi connectivity index (χ0n) is 8.37. The maximum atomic E-state index is 8.33. The molecule has 0 heterocycles. The molecule has 0 aliphatic rings. The van der Waals surface area contributed by atoms with Gasteiger partial charge in [0.25, 0.3) is 0 Å². The SMILES string of the molecule is CCCN=C(N)N.O=C([O-])[O-].O=C([O-])[O-].[Pu].